The second-order valence-electron chi connectivity index (χ2n) is 5.60. The highest BCUT2D eigenvalue weighted by molar-refractivity contribution is 5.57. The van der Waals surface area contributed by atoms with Crippen LogP contribution in [0.5, 0.6) is 0 Å². The number of anilines is 1. The van der Waals surface area contributed by atoms with Crippen molar-refractivity contribution < 1.29 is 13.2 Å². The van der Waals surface area contributed by atoms with Gasteiger partial charge in [0.05, 0.1) is 17.2 Å². The Bertz CT molecular complexity index is 560. The molecule has 2 nitrogen and oxygen atoms in total. The average Bonchev–Trinajstić information content (AvgIpc) is 2.34. The Morgan fingerprint density at radius 1 is 1.25 bits per heavy atom. The van der Waals surface area contributed by atoms with Crippen LogP contribution >= 0.6 is 0 Å². The van der Waals surface area contributed by atoms with Crippen LogP contribution in [0.25, 0.3) is 0 Å². The predicted octanol–water partition coefficient (Wildman–Crippen LogP) is 4.57. The third-order valence-corrected chi connectivity index (χ3v) is 3.09. The molecule has 5 heteroatoms. The van der Waals surface area contributed by atoms with Gasteiger partial charge in [-0.05, 0) is 18.2 Å². The zero-order chi connectivity index (χ0) is 15.7. The Kier molecular flexibility index (Phi) is 4.18. The summed E-state index contributed by atoms with van der Waals surface area (Å²) in [5, 5.41) is 8.77. The number of hydrogen-bond donors (Lipinski definition) is 0. The van der Waals surface area contributed by atoms with Crippen molar-refractivity contribution in [2.24, 2.45) is 5.41 Å². The van der Waals surface area contributed by atoms with Gasteiger partial charge < -0.3 is 4.90 Å². The summed E-state index contributed by atoms with van der Waals surface area (Å²) < 4.78 is 38.8. The Morgan fingerprint density at radius 2 is 1.80 bits per heavy atom. The summed E-state index contributed by atoms with van der Waals surface area (Å²) in [7, 11) is 1.66. The summed E-state index contributed by atoms with van der Waals surface area (Å²) in [6.45, 7) is 9.71. The number of alkyl halides is 3. The number of halogens is 3. The molecular formula is C15H17F3N2. The number of nitrogens with zero attached hydrogens (tertiary/aromatic N) is 2. The van der Waals surface area contributed by atoms with E-state index in [1.165, 1.54) is 12.1 Å². The number of hydrogen-bond acceptors (Lipinski definition) is 2. The van der Waals surface area contributed by atoms with Crippen molar-refractivity contribution in [3.8, 4) is 6.07 Å². The van der Waals surface area contributed by atoms with Gasteiger partial charge in [0.15, 0.2) is 0 Å². The number of allylic oxidation sites excluding steroid dienone is 1. The van der Waals surface area contributed by atoms with Crippen LogP contribution in [0.1, 0.15) is 31.9 Å². The van der Waals surface area contributed by atoms with Gasteiger partial charge in [0.2, 0.25) is 0 Å². The van der Waals surface area contributed by atoms with Gasteiger partial charge in [-0.2, -0.15) is 18.4 Å². The van der Waals surface area contributed by atoms with Crippen LogP contribution in [0.3, 0.4) is 0 Å². The third kappa shape index (κ3) is 3.32. The highest BCUT2D eigenvalue weighted by Gasteiger charge is 2.34. The lowest BCUT2D eigenvalue weighted by molar-refractivity contribution is -0.137. The molecule has 20 heavy (non-hydrogen) atoms. The van der Waals surface area contributed by atoms with Crippen LogP contribution in [-0.2, 0) is 6.18 Å². The average molecular weight is 282 g/mol. The van der Waals surface area contributed by atoms with E-state index in [4.69, 9.17) is 5.26 Å². The summed E-state index contributed by atoms with van der Waals surface area (Å²) in [6.07, 6.45) is -4.55. The van der Waals surface area contributed by atoms with Crippen molar-refractivity contribution in [2.45, 2.75) is 26.9 Å². The zero-order valence-corrected chi connectivity index (χ0v) is 12.0. The molecule has 108 valence electrons. The SMILES string of the molecule is C=C(N(C)c1ccc(C#N)c(C(F)(F)F)c1)C(C)(C)C. The first-order valence-corrected chi connectivity index (χ1v) is 6.03. The second-order valence-corrected chi connectivity index (χ2v) is 5.60. The van der Waals surface area contributed by atoms with E-state index in [9.17, 15) is 13.2 Å². The molecule has 0 fully saturated rings. The van der Waals surface area contributed by atoms with Crippen LogP contribution in [-0.4, -0.2) is 7.05 Å². The molecule has 0 radical (unpaired) electrons. The van der Waals surface area contributed by atoms with E-state index in [0.717, 1.165) is 6.07 Å². The van der Waals surface area contributed by atoms with Gasteiger partial charge in [-0.3, -0.25) is 0 Å². The molecule has 0 aliphatic carbocycles. The first-order valence-electron chi connectivity index (χ1n) is 6.03. The fraction of sp³-hybridized carbons (Fsp3) is 0.400. The molecule has 1 aromatic carbocycles. The zero-order valence-electron chi connectivity index (χ0n) is 12.0. The smallest absolute Gasteiger partial charge is 0.348 e. The van der Waals surface area contributed by atoms with Crippen molar-refractivity contribution in [2.75, 3.05) is 11.9 Å². The Morgan fingerprint density at radius 3 is 2.20 bits per heavy atom. The first kappa shape index (κ1) is 16.1. The topological polar surface area (TPSA) is 27.0 Å². The maximum absolute atomic E-state index is 12.9. The van der Waals surface area contributed by atoms with Crippen LogP contribution in [0, 0.1) is 16.7 Å². The van der Waals surface area contributed by atoms with E-state index in [1.807, 2.05) is 20.8 Å². The van der Waals surface area contributed by atoms with Crippen molar-refractivity contribution >= 4 is 5.69 Å². The monoisotopic (exact) mass is 282 g/mol. The Hall–Kier alpha value is -1.96. The molecule has 1 aromatic rings. The van der Waals surface area contributed by atoms with Crippen LogP contribution in [0.2, 0.25) is 0 Å². The largest absolute Gasteiger partial charge is 0.417 e. The van der Waals surface area contributed by atoms with Crippen LogP contribution < -0.4 is 4.90 Å². The highest BCUT2D eigenvalue weighted by atomic mass is 19.4. The van der Waals surface area contributed by atoms with Gasteiger partial charge in [0.25, 0.3) is 0 Å². The minimum Gasteiger partial charge on any atom is -0.348 e. The first-order chi connectivity index (χ1) is 8.98. The van der Waals surface area contributed by atoms with E-state index in [-0.39, 0.29) is 11.0 Å². The van der Waals surface area contributed by atoms with Gasteiger partial charge in [-0.25, -0.2) is 0 Å². The third-order valence-electron chi connectivity index (χ3n) is 3.09. The van der Waals surface area contributed by atoms with E-state index in [0.29, 0.717) is 11.4 Å². The van der Waals surface area contributed by atoms with Crippen LogP contribution in [0.4, 0.5) is 18.9 Å². The van der Waals surface area contributed by atoms with Crippen molar-refractivity contribution in [1.29, 1.82) is 5.26 Å². The normalized spacial score (nSPS) is 11.9. The van der Waals surface area contributed by atoms with Gasteiger partial charge >= 0.3 is 6.18 Å². The minimum atomic E-state index is -4.55. The van der Waals surface area contributed by atoms with E-state index < -0.39 is 11.7 Å². The van der Waals surface area contributed by atoms with Gasteiger partial charge in [-0.15, -0.1) is 0 Å². The highest BCUT2D eigenvalue weighted by Crippen LogP contribution is 2.36. The fourth-order valence-corrected chi connectivity index (χ4v) is 1.73. The van der Waals surface area contributed by atoms with Crippen molar-refractivity contribution in [3.63, 3.8) is 0 Å². The number of nitriles is 1. The molecule has 0 saturated carbocycles. The second kappa shape index (κ2) is 5.20. The lowest BCUT2D eigenvalue weighted by atomic mass is 9.91. The summed E-state index contributed by atoms with van der Waals surface area (Å²) in [5.41, 5.74) is -0.519. The standard InChI is InChI=1S/C15H17F3N2/c1-10(14(2,3)4)20(5)12-7-6-11(9-19)13(8-12)15(16,17)18/h6-8H,1H2,2-5H3. The summed E-state index contributed by atoms with van der Waals surface area (Å²) in [5.74, 6) is 0. The molecule has 0 aliphatic heterocycles. The molecule has 0 aliphatic rings. The van der Waals surface area contributed by atoms with Gasteiger partial charge in [0, 0.05) is 23.8 Å². The number of rotatable bonds is 2. The fourth-order valence-electron chi connectivity index (χ4n) is 1.73. The lowest BCUT2D eigenvalue weighted by Crippen LogP contribution is -2.26. The molecule has 0 amide bonds. The number of benzene rings is 1. The molecule has 0 N–H and O–H groups in total. The maximum atomic E-state index is 12.9. The maximum Gasteiger partial charge on any atom is 0.417 e. The lowest BCUT2D eigenvalue weighted by Gasteiger charge is -2.31. The van der Waals surface area contributed by atoms with Gasteiger partial charge in [0.1, 0.15) is 0 Å². The summed E-state index contributed by atoms with van der Waals surface area (Å²) in [6, 6.07) is 5.22. The molecule has 0 heterocycles. The molecule has 0 bridgehead atoms. The van der Waals surface area contributed by atoms with E-state index >= 15 is 0 Å². The van der Waals surface area contributed by atoms with Gasteiger partial charge in [-0.1, -0.05) is 27.4 Å². The molecular weight excluding hydrogens is 265 g/mol. The van der Waals surface area contributed by atoms with Crippen molar-refractivity contribution in [1.82, 2.24) is 0 Å². The Labute approximate surface area is 117 Å². The summed E-state index contributed by atoms with van der Waals surface area (Å²) in [4.78, 5) is 1.61. The van der Waals surface area contributed by atoms with Crippen molar-refractivity contribution in [3.05, 3.63) is 41.6 Å². The van der Waals surface area contributed by atoms with E-state index in [2.05, 4.69) is 6.58 Å². The van der Waals surface area contributed by atoms with E-state index in [1.54, 1.807) is 18.0 Å². The molecule has 0 aromatic heterocycles. The Balaban J connectivity index is 3.30. The quantitative estimate of drug-likeness (QED) is 0.794. The molecule has 0 unspecified atom stereocenters. The van der Waals surface area contributed by atoms with Crippen LogP contribution in [0.15, 0.2) is 30.5 Å². The molecule has 0 saturated heterocycles. The minimum absolute atomic E-state index is 0.263. The molecule has 1 rings (SSSR count). The molecule has 0 atom stereocenters. The molecule has 0 spiro atoms. The summed E-state index contributed by atoms with van der Waals surface area (Å²) >= 11 is 0. The predicted molar refractivity (Wildman–Crippen MR) is 73.2 cm³/mol.